The zero-order valence-corrected chi connectivity index (χ0v) is 10.8. The summed E-state index contributed by atoms with van der Waals surface area (Å²) in [6, 6.07) is 8.66. The Morgan fingerprint density at radius 2 is 1.85 bits per heavy atom. The van der Waals surface area contributed by atoms with Crippen LogP contribution in [0, 0.1) is 5.92 Å². The lowest BCUT2D eigenvalue weighted by atomic mass is 9.89. The van der Waals surface area contributed by atoms with E-state index in [0.29, 0.717) is 5.75 Å². The first-order valence-corrected chi connectivity index (χ1v) is 6.09. The zero-order valence-electron chi connectivity index (χ0n) is 10.8. The van der Waals surface area contributed by atoms with E-state index in [1.165, 1.54) is 13.0 Å². The molecule has 0 spiro atoms. The fourth-order valence-corrected chi connectivity index (χ4v) is 1.97. The number of benzene rings is 1. The van der Waals surface area contributed by atoms with Crippen LogP contribution in [0.15, 0.2) is 53.8 Å². The molecule has 5 heteroatoms. The van der Waals surface area contributed by atoms with E-state index in [-0.39, 0.29) is 18.0 Å². The van der Waals surface area contributed by atoms with Crippen LogP contribution in [0.3, 0.4) is 0 Å². The van der Waals surface area contributed by atoms with Crippen molar-refractivity contribution in [2.45, 2.75) is 19.5 Å². The maximum absolute atomic E-state index is 12.7. The number of carbonyl (C=O) groups excluding carboxylic acids is 1. The third-order valence-electron chi connectivity index (χ3n) is 3.05. The molecule has 0 aromatic heterocycles. The molecule has 0 radical (unpaired) electrons. The first-order valence-electron chi connectivity index (χ1n) is 6.09. The first-order chi connectivity index (χ1) is 9.38. The van der Waals surface area contributed by atoms with Crippen LogP contribution >= 0.6 is 0 Å². The lowest BCUT2D eigenvalue weighted by Gasteiger charge is -2.24. The Kier molecular flexibility index (Phi) is 3.97. The molecule has 0 fully saturated rings. The maximum atomic E-state index is 12.7. The van der Waals surface area contributed by atoms with Gasteiger partial charge in [-0.3, -0.25) is 4.79 Å². The molecule has 0 heterocycles. The summed E-state index contributed by atoms with van der Waals surface area (Å²) in [4.78, 5) is 11.6. The minimum Gasteiger partial charge on any atom is -0.461 e. The molecular formula is C15H13F3O2. The van der Waals surface area contributed by atoms with E-state index < -0.39 is 17.7 Å². The SMILES string of the molecule is CC(=O)C1CC(C(F)(F)F)=CC=C1Oc1ccccc1. The van der Waals surface area contributed by atoms with Gasteiger partial charge in [-0.15, -0.1) is 0 Å². The highest BCUT2D eigenvalue weighted by Crippen LogP contribution is 2.36. The minimum absolute atomic E-state index is 0.247. The van der Waals surface area contributed by atoms with Crippen molar-refractivity contribution in [1.82, 2.24) is 0 Å². The number of Topliss-reactive ketones (excluding diaryl/α,β-unsaturated/α-hetero) is 1. The monoisotopic (exact) mass is 282 g/mol. The van der Waals surface area contributed by atoms with E-state index in [0.717, 1.165) is 6.08 Å². The second-order valence-corrected chi connectivity index (χ2v) is 4.54. The predicted octanol–water partition coefficient (Wildman–Crippen LogP) is 4.05. The van der Waals surface area contributed by atoms with Crippen molar-refractivity contribution in [3.8, 4) is 5.75 Å². The van der Waals surface area contributed by atoms with Crippen molar-refractivity contribution < 1.29 is 22.7 Å². The average molecular weight is 282 g/mol. The molecule has 2 rings (SSSR count). The number of carbonyl (C=O) groups is 1. The number of ether oxygens (including phenoxy) is 1. The molecule has 20 heavy (non-hydrogen) atoms. The van der Waals surface area contributed by atoms with Crippen LogP contribution in [0.4, 0.5) is 13.2 Å². The van der Waals surface area contributed by atoms with Gasteiger partial charge in [-0.05, 0) is 31.6 Å². The van der Waals surface area contributed by atoms with Gasteiger partial charge in [-0.2, -0.15) is 13.2 Å². The number of hydrogen-bond acceptors (Lipinski definition) is 2. The van der Waals surface area contributed by atoms with E-state index in [1.807, 2.05) is 0 Å². The molecule has 0 amide bonds. The Balaban J connectivity index is 2.27. The van der Waals surface area contributed by atoms with Gasteiger partial charge in [-0.25, -0.2) is 0 Å². The minimum atomic E-state index is -4.41. The molecule has 1 aliphatic carbocycles. The van der Waals surface area contributed by atoms with Gasteiger partial charge in [0.15, 0.2) is 0 Å². The summed E-state index contributed by atoms with van der Waals surface area (Å²) in [7, 11) is 0. The Labute approximate surface area is 114 Å². The highest BCUT2D eigenvalue weighted by Gasteiger charge is 2.38. The summed E-state index contributed by atoms with van der Waals surface area (Å²) < 4.78 is 43.6. The van der Waals surface area contributed by atoms with Crippen LogP contribution in [-0.4, -0.2) is 12.0 Å². The summed E-state index contributed by atoms with van der Waals surface area (Å²) in [6.45, 7) is 1.27. The number of hydrogen-bond donors (Lipinski definition) is 0. The molecule has 0 aliphatic heterocycles. The number of rotatable bonds is 3. The van der Waals surface area contributed by atoms with E-state index in [1.54, 1.807) is 30.3 Å². The largest absolute Gasteiger partial charge is 0.461 e. The van der Waals surface area contributed by atoms with E-state index >= 15 is 0 Å². The molecule has 1 aliphatic rings. The maximum Gasteiger partial charge on any atom is 0.412 e. The van der Waals surface area contributed by atoms with E-state index in [4.69, 9.17) is 4.74 Å². The topological polar surface area (TPSA) is 26.3 Å². The molecular weight excluding hydrogens is 269 g/mol. The average Bonchev–Trinajstić information content (AvgIpc) is 2.38. The van der Waals surface area contributed by atoms with Crippen molar-refractivity contribution in [3.63, 3.8) is 0 Å². The summed E-state index contributed by atoms with van der Waals surface area (Å²) in [5.74, 6) is -0.496. The number of halogens is 3. The highest BCUT2D eigenvalue weighted by atomic mass is 19.4. The van der Waals surface area contributed by atoms with Gasteiger partial charge in [0, 0.05) is 5.57 Å². The van der Waals surface area contributed by atoms with Gasteiger partial charge >= 0.3 is 6.18 Å². The molecule has 1 unspecified atom stereocenters. The predicted molar refractivity (Wildman–Crippen MR) is 68.1 cm³/mol. The summed E-state index contributed by atoms with van der Waals surface area (Å²) in [5, 5.41) is 0. The third kappa shape index (κ3) is 3.29. The van der Waals surface area contributed by atoms with Gasteiger partial charge in [-0.1, -0.05) is 24.3 Å². The van der Waals surface area contributed by atoms with Gasteiger partial charge in [0.1, 0.15) is 17.3 Å². The van der Waals surface area contributed by atoms with Crippen molar-refractivity contribution in [1.29, 1.82) is 0 Å². The fraction of sp³-hybridized carbons (Fsp3) is 0.267. The number of para-hydroxylation sites is 1. The van der Waals surface area contributed by atoms with Crippen LogP contribution < -0.4 is 4.74 Å². The molecule has 1 aromatic carbocycles. The molecule has 106 valence electrons. The summed E-state index contributed by atoms with van der Waals surface area (Å²) >= 11 is 0. The van der Waals surface area contributed by atoms with Crippen LogP contribution in [0.5, 0.6) is 5.75 Å². The Morgan fingerprint density at radius 1 is 1.20 bits per heavy atom. The molecule has 1 aromatic rings. The highest BCUT2D eigenvalue weighted by molar-refractivity contribution is 5.81. The van der Waals surface area contributed by atoms with Crippen LogP contribution in [0.2, 0.25) is 0 Å². The summed E-state index contributed by atoms with van der Waals surface area (Å²) in [6.07, 6.45) is -2.59. The quantitative estimate of drug-likeness (QED) is 0.836. The number of ketones is 1. The third-order valence-corrected chi connectivity index (χ3v) is 3.05. The van der Waals surface area contributed by atoms with E-state index in [9.17, 15) is 18.0 Å². The van der Waals surface area contributed by atoms with Gasteiger partial charge in [0.2, 0.25) is 0 Å². The number of allylic oxidation sites excluding steroid dienone is 4. The standard InChI is InChI=1S/C15H13F3O2/c1-10(19)13-9-11(15(16,17)18)7-8-14(13)20-12-5-3-2-4-6-12/h2-8,13H,9H2,1H3. The lowest BCUT2D eigenvalue weighted by Crippen LogP contribution is -2.25. The Morgan fingerprint density at radius 3 is 2.40 bits per heavy atom. The normalized spacial score (nSPS) is 19.1. The van der Waals surface area contributed by atoms with Crippen molar-refractivity contribution in [2.24, 2.45) is 5.92 Å². The van der Waals surface area contributed by atoms with Crippen molar-refractivity contribution in [3.05, 3.63) is 53.8 Å². The van der Waals surface area contributed by atoms with Crippen molar-refractivity contribution >= 4 is 5.78 Å². The molecule has 2 nitrogen and oxygen atoms in total. The van der Waals surface area contributed by atoms with Crippen LogP contribution in [-0.2, 0) is 4.79 Å². The first kappa shape index (κ1) is 14.4. The second-order valence-electron chi connectivity index (χ2n) is 4.54. The molecule has 0 bridgehead atoms. The fourth-order valence-electron chi connectivity index (χ4n) is 1.97. The van der Waals surface area contributed by atoms with E-state index in [2.05, 4.69) is 0 Å². The smallest absolute Gasteiger partial charge is 0.412 e. The van der Waals surface area contributed by atoms with Gasteiger partial charge in [0.25, 0.3) is 0 Å². The summed E-state index contributed by atoms with van der Waals surface area (Å²) in [5.41, 5.74) is -0.710. The van der Waals surface area contributed by atoms with Gasteiger partial charge in [0.05, 0.1) is 5.92 Å². The van der Waals surface area contributed by atoms with Crippen molar-refractivity contribution in [2.75, 3.05) is 0 Å². The van der Waals surface area contributed by atoms with Crippen LogP contribution in [0.1, 0.15) is 13.3 Å². The second kappa shape index (κ2) is 5.53. The van der Waals surface area contributed by atoms with Crippen LogP contribution in [0.25, 0.3) is 0 Å². The Hall–Kier alpha value is -2.04. The molecule has 0 saturated carbocycles. The molecule has 0 N–H and O–H groups in total. The zero-order chi connectivity index (χ0) is 14.8. The number of alkyl halides is 3. The molecule has 0 saturated heterocycles. The Bertz CT molecular complexity index is 556. The lowest BCUT2D eigenvalue weighted by molar-refractivity contribution is -0.121. The molecule has 1 atom stereocenters. The van der Waals surface area contributed by atoms with Gasteiger partial charge < -0.3 is 4.74 Å².